The zero-order chi connectivity index (χ0) is 15.2. The summed E-state index contributed by atoms with van der Waals surface area (Å²) in [6.45, 7) is 6.23. The molecular formula is C17H29IN4S. The normalized spacial score (nSPS) is 23.0. The standard InChI is InChI=1S/C17H28N4S.HI/c1-2-18-17(19-12-16-8-5-11-22-16)20-14-9-10-21(13-14)15-6-3-4-7-15;/h5,8,11,14-15H,2-4,6-7,9-10,12-13H2,1H3,(H2,18,19,20);1H. The topological polar surface area (TPSA) is 39.7 Å². The highest BCUT2D eigenvalue weighted by molar-refractivity contribution is 14.0. The smallest absolute Gasteiger partial charge is 0.191 e. The van der Waals surface area contributed by atoms with E-state index in [1.165, 1.54) is 50.1 Å². The summed E-state index contributed by atoms with van der Waals surface area (Å²) in [5, 5.41) is 9.13. The summed E-state index contributed by atoms with van der Waals surface area (Å²) in [5.74, 6) is 0.967. The Balaban J connectivity index is 0.00000192. The van der Waals surface area contributed by atoms with Gasteiger partial charge in [-0.2, -0.15) is 0 Å². The van der Waals surface area contributed by atoms with Crippen molar-refractivity contribution in [3.8, 4) is 0 Å². The first kappa shape index (κ1) is 19.0. The molecule has 0 amide bonds. The third-order valence-electron chi connectivity index (χ3n) is 4.72. The third kappa shape index (κ3) is 5.60. The molecule has 0 bridgehead atoms. The van der Waals surface area contributed by atoms with Crippen LogP contribution in [0.1, 0.15) is 43.9 Å². The highest BCUT2D eigenvalue weighted by atomic mass is 127. The number of halogens is 1. The lowest BCUT2D eigenvalue weighted by molar-refractivity contribution is 0.242. The first-order valence-electron chi connectivity index (χ1n) is 8.66. The summed E-state index contributed by atoms with van der Waals surface area (Å²) >= 11 is 1.77. The van der Waals surface area contributed by atoms with E-state index in [0.717, 1.165) is 25.1 Å². The van der Waals surface area contributed by atoms with Crippen LogP contribution >= 0.6 is 35.3 Å². The SMILES string of the molecule is CCNC(=NCc1cccs1)NC1CCN(C2CCCC2)C1.I. The lowest BCUT2D eigenvalue weighted by Gasteiger charge is -2.24. The summed E-state index contributed by atoms with van der Waals surface area (Å²) in [6.07, 6.45) is 6.88. The van der Waals surface area contributed by atoms with Crippen LogP contribution in [0.5, 0.6) is 0 Å². The van der Waals surface area contributed by atoms with Crippen molar-refractivity contribution in [2.24, 2.45) is 4.99 Å². The van der Waals surface area contributed by atoms with E-state index >= 15 is 0 Å². The van der Waals surface area contributed by atoms with Crippen molar-refractivity contribution in [3.63, 3.8) is 0 Å². The van der Waals surface area contributed by atoms with E-state index in [2.05, 4.69) is 40.0 Å². The second-order valence-electron chi connectivity index (χ2n) is 6.34. The molecule has 2 fully saturated rings. The van der Waals surface area contributed by atoms with Crippen LogP contribution in [0.3, 0.4) is 0 Å². The van der Waals surface area contributed by atoms with E-state index in [1.54, 1.807) is 11.3 Å². The van der Waals surface area contributed by atoms with Crippen LogP contribution in [-0.2, 0) is 6.54 Å². The van der Waals surface area contributed by atoms with E-state index in [4.69, 9.17) is 4.99 Å². The zero-order valence-corrected chi connectivity index (χ0v) is 17.1. The molecular weight excluding hydrogens is 419 g/mol. The number of nitrogens with one attached hydrogen (secondary N) is 2. The van der Waals surface area contributed by atoms with Crippen LogP contribution in [-0.4, -0.2) is 42.6 Å². The molecule has 23 heavy (non-hydrogen) atoms. The van der Waals surface area contributed by atoms with Crippen LogP contribution in [0.2, 0.25) is 0 Å². The molecule has 1 unspecified atom stereocenters. The number of guanidine groups is 1. The van der Waals surface area contributed by atoms with Crippen molar-refractivity contribution in [2.45, 2.75) is 57.7 Å². The first-order valence-corrected chi connectivity index (χ1v) is 9.54. The number of nitrogens with zero attached hydrogens (tertiary/aromatic N) is 2. The Labute approximate surface area is 161 Å². The predicted octanol–water partition coefficient (Wildman–Crippen LogP) is 3.44. The minimum atomic E-state index is 0. The average Bonchev–Trinajstić information content (AvgIpc) is 3.26. The molecule has 2 aliphatic rings. The van der Waals surface area contributed by atoms with Gasteiger partial charge in [-0.3, -0.25) is 4.90 Å². The lowest BCUT2D eigenvalue weighted by atomic mass is 10.2. The van der Waals surface area contributed by atoms with E-state index < -0.39 is 0 Å². The molecule has 6 heteroatoms. The van der Waals surface area contributed by atoms with Gasteiger partial charge in [0, 0.05) is 36.6 Å². The number of hydrogen-bond acceptors (Lipinski definition) is 3. The number of thiophene rings is 1. The first-order chi connectivity index (χ1) is 10.8. The fourth-order valence-corrected chi connectivity index (χ4v) is 4.21. The van der Waals surface area contributed by atoms with E-state index in [9.17, 15) is 0 Å². The summed E-state index contributed by atoms with van der Waals surface area (Å²) in [6, 6.07) is 5.63. The molecule has 1 saturated carbocycles. The summed E-state index contributed by atoms with van der Waals surface area (Å²) in [4.78, 5) is 8.73. The lowest BCUT2D eigenvalue weighted by Crippen LogP contribution is -2.45. The second-order valence-corrected chi connectivity index (χ2v) is 7.37. The van der Waals surface area contributed by atoms with Crippen molar-refractivity contribution < 1.29 is 0 Å². The van der Waals surface area contributed by atoms with Crippen molar-refractivity contribution in [1.82, 2.24) is 15.5 Å². The predicted molar refractivity (Wildman–Crippen MR) is 110 cm³/mol. The molecule has 130 valence electrons. The molecule has 0 radical (unpaired) electrons. The minimum absolute atomic E-state index is 0. The molecule has 3 rings (SSSR count). The largest absolute Gasteiger partial charge is 0.357 e. The molecule has 4 nitrogen and oxygen atoms in total. The zero-order valence-electron chi connectivity index (χ0n) is 14.0. The Morgan fingerprint density at radius 1 is 1.35 bits per heavy atom. The Bertz CT molecular complexity index is 471. The van der Waals surface area contributed by atoms with Crippen molar-refractivity contribution in [3.05, 3.63) is 22.4 Å². The van der Waals surface area contributed by atoms with Crippen LogP contribution in [0.15, 0.2) is 22.5 Å². The molecule has 2 heterocycles. The minimum Gasteiger partial charge on any atom is -0.357 e. The van der Waals surface area contributed by atoms with E-state index in [1.807, 2.05) is 0 Å². The van der Waals surface area contributed by atoms with Gasteiger partial charge in [0.1, 0.15) is 0 Å². The maximum atomic E-state index is 4.73. The molecule has 1 aromatic heterocycles. The van der Waals surface area contributed by atoms with Crippen molar-refractivity contribution in [1.29, 1.82) is 0 Å². The van der Waals surface area contributed by atoms with Gasteiger partial charge in [0.2, 0.25) is 0 Å². The molecule has 2 N–H and O–H groups in total. The van der Waals surface area contributed by atoms with Crippen molar-refractivity contribution in [2.75, 3.05) is 19.6 Å². The van der Waals surface area contributed by atoms with Gasteiger partial charge in [-0.1, -0.05) is 18.9 Å². The molecule has 0 spiro atoms. The van der Waals surface area contributed by atoms with E-state index in [-0.39, 0.29) is 24.0 Å². The second kappa shape index (κ2) is 9.84. The number of likely N-dealkylation sites (tertiary alicyclic amines) is 1. The Morgan fingerprint density at radius 3 is 2.87 bits per heavy atom. The van der Waals surface area contributed by atoms with Gasteiger partial charge in [-0.15, -0.1) is 35.3 Å². The molecule has 1 saturated heterocycles. The maximum Gasteiger partial charge on any atom is 0.191 e. The van der Waals surface area contributed by atoms with Gasteiger partial charge in [-0.05, 0) is 37.6 Å². The van der Waals surface area contributed by atoms with Crippen LogP contribution < -0.4 is 10.6 Å². The van der Waals surface area contributed by atoms with Gasteiger partial charge >= 0.3 is 0 Å². The third-order valence-corrected chi connectivity index (χ3v) is 5.58. The highest BCUT2D eigenvalue weighted by Crippen LogP contribution is 2.26. The fraction of sp³-hybridized carbons (Fsp3) is 0.706. The Morgan fingerprint density at radius 2 is 2.17 bits per heavy atom. The van der Waals surface area contributed by atoms with Crippen molar-refractivity contribution >= 4 is 41.3 Å². The van der Waals surface area contributed by atoms with Crippen LogP contribution in [0.25, 0.3) is 0 Å². The number of hydrogen-bond donors (Lipinski definition) is 2. The molecule has 1 aromatic rings. The van der Waals surface area contributed by atoms with Gasteiger partial charge in [0.25, 0.3) is 0 Å². The van der Waals surface area contributed by atoms with Gasteiger partial charge in [0.05, 0.1) is 6.54 Å². The molecule has 0 aromatic carbocycles. The Hall–Kier alpha value is -0.340. The monoisotopic (exact) mass is 448 g/mol. The summed E-state index contributed by atoms with van der Waals surface area (Å²) < 4.78 is 0. The van der Waals surface area contributed by atoms with Gasteiger partial charge in [0.15, 0.2) is 5.96 Å². The van der Waals surface area contributed by atoms with Gasteiger partial charge in [-0.25, -0.2) is 4.99 Å². The highest BCUT2D eigenvalue weighted by Gasteiger charge is 2.30. The molecule has 1 aliphatic heterocycles. The summed E-state index contributed by atoms with van der Waals surface area (Å²) in [5.41, 5.74) is 0. The molecule has 1 aliphatic carbocycles. The van der Waals surface area contributed by atoms with Crippen LogP contribution in [0, 0.1) is 0 Å². The fourth-order valence-electron chi connectivity index (χ4n) is 3.58. The molecule has 1 atom stereocenters. The number of aliphatic imine (C=N–C) groups is 1. The van der Waals surface area contributed by atoms with E-state index in [0.29, 0.717) is 6.04 Å². The summed E-state index contributed by atoms with van der Waals surface area (Å²) in [7, 11) is 0. The quantitative estimate of drug-likeness (QED) is 0.412. The van der Waals surface area contributed by atoms with Crippen LogP contribution in [0.4, 0.5) is 0 Å². The van der Waals surface area contributed by atoms with Gasteiger partial charge < -0.3 is 10.6 Å². The maximum absolute atomic E-state index is 4.73. The Kier molecular flexibility index (Phi) is 8.12. The average molecular weight is 448 g/mol. The number of rotatable bonds is 5.